The van der Waals surface area contributed by atoms with Gasteiger partial charge in [0.1, 0.15) is 11.3 Å². The molecule has 1 aliphatic rings. The third-order valence-corrected chi connectivity index (χ3v) is 3.46. The number of rotatable bonds is 2. The Kier molecular flexibility index (Phi) is 3.11. The zero-order valence-corrected chi connectivity index (χ0v) is 10.6. The van der Waals surface area contributed by atoms with Gasteiger partial charge < -0.3 is 14.5 Å². The van der Waals surface area contributed by atoms with Crippen molar-refractivity contribution >= 4 is 11.9 Å². The molecule has 6 nitrogen and oxygen atoms in total. The Morgan fingerprint density at radius 3 is 2.50 bits per heavy atom. The fourth-order valence-electron chi connectivity index (χ4n) is 2.40. The number of hydrogen-bond donors (Lipinski definition) is 1. The third-order valence-electron chi connectivity index (χ3n) is 3.46. The molecule has 1 amide bonds. The minimum absolute atomic E-state index is 0.0353. The summed E-state index contributed by atoms with van der Waals surface area (Å²) in [6.07, 6.45) is 0. The molecule has 2 rings (SSSR count). The summed E-state index contributed by atoms with van der Waals surface area (Å²) in [4.78, 5) is 24.9. The van der Waals surface area contributed by atoms with Crippen molar-refractivity contribution in [3.8, 4) is 0 Å². The molecule has 0 bridgehead atoms. The molecule has 1 aliphatic heterocycles. The van der Waals surface area contributed by atoms with Crippen molar-refractivity contribution in [1.82, 2.24) is 10.1 Å². The minimum Gasteiger partial charge on any atom is -0.481 e. The van der Waals surface area contributed by atoms with Crippen LogP contribution in [0, 0.1) is 25.7 Å². The van der Waals surface area contributed by atoms with Gasteiger partial charge in [0, 0.05) is 13.1 Å². The van der Waals surface area contributed by atoms with Gasteiger partial charge in [0.25, 0.3) is 5.91 Å². The van der Waals surface area contributed by atoms with E-state index in [4.69, 9.17) is 9.63 Å². The average molecular weight is 252 g/mol. The first-order valence-corrected chi connectivity index (χ1v) is 5.86. The van der Waals surface area contributed by atoms with E-state index in [1.165, 1.54) is 0 Å². The lowest BCUT2D eigenvalue weighted by Gasteiger charge is -2.15. The topological polar surface area (TPSA) is 83.6 Å². The van der Waals surface area contributed by atoms with Crippen LogP contribution < -0.4 is 0 Å². The Hall–Kier alpha value is -1.85. The van der Waals surface area contributed by atoms with Gasteiger partial charge in [-0.3, -0.25) is 9.59 Å². The van der Waals surface area contributed by atoms with Gasteiger partial charge in [-0.1, -0.05) is 12.1 Å². The summed E-state index contributed by atoms with van der Waals surface area (Å²) in [6, 6.07) is 0. The Bertz CT molecular complexity index is 475. The third kappa shape index (κ3) is 1.98. The first-order valence-electron chi connectivity index (χ1n) is 5.86. The van der Waals surface area contributed by atoms with Crippen molar-refractivity contribution in [2.45, 2.75) is 20.8 Å². The van der Waals surface area contributed by atoms with E-state index in [-0.39, 0.29) is 18.4 Å². The molecule has 0 spiro atoms. The molecular weight excluding hydrogens is 236 g/mol. The Morgan fingerprint density at radius 1 is 1.39 bits per heavy atom. The molecule has 0 saturated carbocycles. The van der Waals surface area contributed by atoms with E-state index in [0.717, 1.165) is 0 Å². The highest BCUT2D eigenvalue weighted by Gasteiger charge is 2.38. The van der Waals surface area contributed by atoms with Crippen LogP contribution in [0.2, 0.25) is 0 Å². The van der Waals surface area contributed by atoms with Gasteiger partial charge in [-0.2, -0.15) is 0 Å². The summed E-state index contributed by atoms with van der Waals surface area (Å²) in [5.74, 6) is -1.09. The lowest BCUT2D eigenvalue weighted by molar-refractivity contribution is -0.142. The predicted molar refractivity (Wildman–Crippen MR) is 62.2 cm³/mol. The molecule has 0 aromatic carbocycles. The molecule has 1 aromatic rings. The highest BCUT2D eigenvalue weighted by atomic mass is 16.5. The molecule has 1 N–H and O–H groups in total. The lowest BCUT2D eigenvalue weighted by Crippen LogP contribution is -2.30. The summed E-state index contributed by atoms with van der Waals surface area (Å²) in [5.41, 5.74) is 0.997. The van der Waals surface area contributed by atoms with Crippen LogP contribution in [0.4, 0.5) is 0 Å². The number of likely N-dealkylation sites (tertiary alicyclic amines) is 1. The van der Waals surface area contributed by atoms with Crippen LogP contribution in [0.15, 0.2) is 4.52 Å². The van der Waals surface area contributed by atoms with Gasteiger partial charge in [-0.25, -0.2) is 0 Å². The predicted octanol–water partition coefficient (Wildman–Crippen LogP) is 1.08. The summed E-state index contributed by atoms with van der Waals surface area (Å²) in [5, 5.41) is 12.8. The Labute approximate surface area is 105 Å². The van der Waals surface area contributed by atoms with Crippen LogP contribution in [0.1, 0.15) is 28.7 Å². The van der Waals surface area contributed by atoms with Crippen molar-refractivity contribution < 1.29 is 19.2 Å². The standard InChI is InChI=1S/C12H16N2O4/c1-6-4-14(5-9(6)12(16)17)11(15)10-7(2)13-18-8(10)3/h6,9H,4-5H2,1-3H3,(H,16,17). The van der Waals surface area contributed by atoms with Crippen molar-refractivity contribution in [2.24, 2.45) is 11.8 Å². The first kappa shape index (κ1) is 12.6. The van der Waals surface area contributed by atoms with Crippen molar-refractivity contribution in [3.05, 3.63) is 17.0 Å². The molecular formula is C12H16N2O4. The molecule has 98 valence electrons. The quantitative estimate of drug-likeness (QED) is 0.851. The van der Waals surface area contributed by atoms with Crippen molar-refractivity contribution in [3.63, 3.8) is 0 Å². The SMILES string of the molecule is Cc1noc(C)c1C(=O)N1CC(C)C(C(=O)O)C1. The average Bonchev–Trinajstić information content (AvgIpc) is 2.82. The number of amides is 1. The number of carboxylic acid groups (broad SMARTS) is 1. The van der Waals surface area contributed by atoms with E-state index in [1.54, 1.807) is 18.7 Å². The molecule has 1 aromatic heterocycles. The first-order chi connectivity index (χ1) is 8.41. The highest BCUT2D eigenvalue weighted by molar-refractivity contribution is 5.96. The van der Waals surface area contributed by atoms with E-state index in [2.05, 4.69) is 5.16 Å². The molecule has 6 heteroatoms. The minimum atomic E-state index is -0.850. The zero-order chi connectivity index (χ0) is 13.4. The van der Waals surface area contributed by atoms with Gasteiger partial charge >= 0.3 is 5.97 Å². The van der Waals surface area contributed by atoms with Crippen molar-refractivity contribution in [1.29, 1.82) is 0 Å². The van der Waals surface area contributed by atoms with Crippen LogP contribution in [-0.4, -0.2) is 40.1 Å². The van der Waals surface area contributed by atoms with Crippen LogP contribution in [0.3, 0.4) is 0 Å². The number of carbonyl (C=O) groups excluding carboxylic acids is 1. The number of hydrogen-bond acceptors (Lipinski definition) is 4. The molecule has 1 saturated heterocycles. The maximum atomic E-state index is 12.3. The smallest absolute Gasteiger partial charge is 0.308 e. The Balaban J connectivity index is 2.20. The number of carboxylic acids is 1. The second kappa shape index (κ2) is 4.44. The van der Waals surface area contributed by atoms with Crippen molar-refractivity contribution in [2.75, 3.05) is 13.1 Å². The van der Waals surface area contributed by atoms with Crippen LogP contribution in [0.5, 0.6) is 0 Å². The normalized spacial score (nSPS) is 23.4. The molecule has 18 heavy (non-hydrogen) atoms. The summed E-state index contributed by atoms with van der Waals surface area (Å²) < 4.78 is 4.96. The maximum Gasteiger partial charge on any atom is 0.308 e. The number of nitrogens with zero attached hydrogens (tertiary/aromatic N) is 2. The fourth-order valence-corrected chi connectivity index (χ4v) is 2.40. The van der Waals surface area contributed by atoms with Gasteiger partial charge in [0.2, 0.25) is 0 Å². The second-order valence-corrected chi connectivity index (χ2v) is 4.83. The summed E-state index contributed by atoms with van der Waals surface area (Å²) in [7, 11) is 0. The molecule has 0 aliphatic carbocycles. The van der Waals surface area contributed by atoms with Crippen LogP contribution in [-0.2, 0) is 4.79 Å². The number of carbonyl (C=O) groups is 2. The number of aryl methyl sites for hydroxylation is 2. The summed E-state index contributed by atoms with van der Waals surface area (Å²) >= 11 is 0. The van der Waals surface area contributed by atoms with E-state index >= 15 is 0 Å². The van der Waals surface area contributed by atoms with Gasteiger partial charge in [0.05, 0.1) is 11.6 Å². The monoisotopic (exact) mass is 252 g/mol. The van der Waals surface area contributed by atoms with Gasteiger partial charge in [0.15, 0.2) is 0 Å². The Morgan fingerprint density at radius 2 is 2.06 bits per heavy atom. The van der Waals surface area contributed by atoms with Crippen LogP contribution >= 0.6 is 0 Å². The molecule has 1 fully saturated rings. The van der Waals surface area contributed by atoms with Crippen LogP contribution in [0.25, 0.3) is 0 Å². The zero-order valence-electron chi connectivity index (χ0n) is 10.6. The largest absolute Gasteiger partial charge is 0.481 e. The molecule has 2 heterocycles. The lowest BCUT2D eigenvalue weighted by atomic mass is 9.99. The van der Waals surface area contributed by atoms with E-state index in [0.29, 0.717) is 23.6 Å². The number of aliphatic carboxylic acids is 1. The van der Waals surface area contributed by atoms with Gasteiger partial charge in [-0.05, 0) is 19.8 Å². The maximum absolute atomic E-state index is 12.3. The number of aromatic nitrogens is 1. The van der Waals surface area contributed by atoms with E-state index in [9.17, 15) is 9.59 Å². The van der Waals surface area contributed by atoms with E-state index in [1.807, 2.05) is 6.92 Å². The van der Waals surface area contributed by atoms with Gasteiger partial charge in [-0.15, -0.1) is 0 Å². The fraction of sp³-hybridized carbons (Fsp3) is 0.583. The van der Waals surface area contributed by atoms with E-state index < -0.39 is 11.9 Å². The molecule has 0 radical (unpaired) electrons. The summed E-state index contributed by atoms with van der Waals surface area (Å²) in [6.45, 7) is 5.94. The highest BCUT2D eigenvalue weighted by Crippen LogP contribution is 2.26. The molecule has 2 atom stereocenters. The molecule has 2 unspecified atom stereocenters. The second-order valence-electron chi connectivity index (χ2n) is 4.83.